The molecule has 0 fully saturated rings. The van der Waals surface area contributed by atoms with Crippen LogP contribution in [0.25, 0.3) is 22.5 Å². The van der Waals surface area contributed by atoms with E-state index in [-0.39, 0.29) is 0 Å². The minimum atomic E-state index is 0.664. The summed E-state index contributed by atoms with van der Waals surface area (Å²) in [6.07, 6.45) is 5.39. The van der Waals surface area contributed by atoms with E-state index in [0.717, 1.165) is 52.7 Å². The van der Waals surface area contributed by atoms with Crippen LogP contribution in [-0.4, -0.2) is 19.5 Å². The van der Waals surface area contributed by atoms with Crippen molar-refractivity contribution in [3.63, 3.8) is 0 Å². The van der Waals surface area contributed by atoms with Gasteiger partial charge in [0, 0.05) is 34.4 Å². The van der Waals surface area contributed by atoms with Gasteiger partial charge in [-0.25, -0.2) is 15.0 Å². The van der Waals surface area contributed by atoms with Crippen LogP contribution in [0.3, 0.4) is 0 Å². The average molecular weight is 402 g/mol. The minimum absolute atomic E-state index is 0.664. The smallest absolute Gasteiger partial charge is 0.137 e. The van der Waals surface area contributed by atoms with Crippen molar-refractivity contribution in [3.05, 3.63) is 77.0 Å². The van der Waals surface area contributed by atoms with Crippen molar-refractivity contribution in [1.29, 1.82) is 0 Å². The Hall–Kier alpha value is -3.18. The fourth-order valence-corrected chi connectivity index (χ4v) is 4.17. The van der Waals surface area contributed by atoms with E-state index in [4.69, 9.17) is 11.6 Å². The van der Waals surface area contributed by atoms with E-state index in [1.165, 1.54) is 11.1 Å². The van der Waals surface area contributed by atoms with E-state index in [1.807, 2.05) is 32.3 Å². The SMILES string of the molecule is Cc1ncc(-c2cc(Cl)cc(Nc3ncnc4c3CCc3ccccc3-4)c2)n1C. The molecule has 2 aromatic heterocycles. The number of benzene rings is 2. The first-order valence-corrected chi connectivity index (χ1v) is 9.96. The standard InChI is InChI=1S/C23H20ClN5/c1-14-25-12-21(29(14)2)16-9-17(24)11-18(10-16)28-23-20-8-7-15-5-3-4-6-19(15)22(20)26-13-27-23/h3-6,9-13H,7-8H2,1-2H3,(H,26,27,28). The van der Waals surface area contributed by atoms with Crippen molar-refractivity contribution in [2.75, 3.05) is 5.32 Å². The summed E-state index contributed by atoms with van der Waals surface area (Å²) in [5.74, 6) is 1.79. The highest BCUT2D eigenvalue weighted by molar-refractivity contribution is 6.31. The van der Waals surface area contributed by atoms with E-state index >= 15 is 0 Å². The fraction of sp³-hybridized carbons (Fsp3) is 0.174. The van der Waals surface area contributed by atoms with Gasteiger partial charge in [0.05, 0.1) is 17.6 Å². The minimum Gasteiger partial charge on any atom is -0.340 e. The summed E-state index contributed by atoms with van der Waals surface area (Å²) >= 11 is 6.43. The number of rotatable bonds is 3. The third kappa shape index (κ3) is 3.17. The number of halogens is 1. The molecule has 5 rings (SSSR count). The molecule has 0 radical (unpaired) electrons. The lowest BCUT2D eigenvalue weighted by atomic mass is 9.89. The Bertz CT molecular complexity index is 1230. The first-order chi connectivity index (χ1) is 14.1. The lowest BCUT2D eigenvalue weighted by Crippen LogP contribution is -2.10. The molecule has 1 N–H and O–H groups in total. The zero-order valence-corrected chi connectivity index (χ0v) is 17.0. The number of nitrogens with zero attached hydrogens (tertiary/aromatic N) is 4. The summed E-state index contributed by atoms with van der Waals surface area (Å²) in [5.41, 5.74) is 7.60. The van der Waals surface area contributed by atoms with E-state index in [9.17, 15) is 0 Å². The number of fused-ring (bicyclic) bond motifs is 3. The lowest BCUT2D eigenvalue weighted by molar-refractivity contribution is 0.865. The molecule has 0 saturated heterocycles. The first-order valence-electron chi connectivity index (χ1n) is 9.58. The Morgan fingerprint density at radius 1 is 1.03 bits per heavy atom. The van der Waals surface area contributed by atoms with Gasteiger partial charge in [0.2, 0.25) is 0 Å². The molecule has 29 heavy (non-hydrogen) atoms. The molecule has 1 aliphatic carbocycles. The summed E-state index contributed by atoms with van der Waals surface area (Å²) in [6.45, 7) is 1.98. The topological polar surface area (TPSA) is 55.6 Å². The third-order valence-corrected chi connectivity index (χ3v) is 5.76. The molecule has 0 atom stereocenters. The van der Waals surface area contributed by atoms with Gasteiger partial charge in [0.25, 0.3) is 0 Å². The molecule has 2 aromatic carbocycles. The van der Waals surface area contributed by atoms with Crippen molar-refractivity contribution in [2.45, 2.75) is 19.8 Å². The number of nitrogens with one attached hydrogen (secondary N) is 1. The first kappa shape index (κ1) is 17.9. The van der Waals surface area contributed by atoms with E-state index in [0.29, 0.717) is 5.02 Å². The van der Waals surface area contributed by atoms with Crippen LogP contribution in [0.15, 0.2) is 55.0 Å². The zero-order chi connectivity index (χ0) is 20.0. The second-order valence-electron chi connectivity index (χ2n) is 7.31. The van der Waals surface area contributed by atoms with Crippen LogP contribution >= 0.6 is 11.6 Å². The van der Waals surface area contributed by atoms with E-state index in [1.54, 1.807) is 6.33 Å². The Morgan fingerprint density at radius 2 is 1.90 bits per heavy atom. The predicted molar refractivity (Wildman–Crippen MR) is 117 cm³/mol. The third-order valence-electron chi connectivity index (χ3n) is 5.54. The van der Waals surface area contributed by atoms with Gasteiger partial charge in [0.1, 0.15) is 18.0 Å². The quantitative estimate of drug-likeness (QED) is 0.503. The van der Waals surface area contributed by atoms with E-state index < -0.39 is 0 Å². The number of aryl methyl sites for hydroxylation is 2. The number of anilines is 2. The molecule has 2 heterocycles. The van der Waals surface area contributed by atoms with Gasteiger partial charge in [0.15, 0.2) is 0 Å². The molecule has 0 amide bonds. The molecular formula is C23H20ClN5. The van der Waals surface area contributed by atoms with Crippen molar-refractivity contribution in [3.8, 4) is 22.5 Å². The molecule has 0 spiro atoms. The highest BCUT2D eigenvalue weighted by Crippen LogP contribution is 2.36. The second kappa shape index (κ2) is 7.01. The van der Waals surface area contributed by atoms with Crippen LogP contribution in [0.4, 0.5) is 11.5 Å². The summed E-state index contributed by atoms with van der Waals surface area (Å²) < 4.78 is 2.05. The number of hydrogen-bond acceptors (Lipinski definition) is 4. The lowest BCUT2D eigenvalue weighted by Gasteiger charge is -2.21. The molecule has 0 unspecified atom stereocenters. The van der Waals surface area contributed by atoms with Crippen molar-refractivity contribution >= 4 is 23.1 Å². The number of imidazole rings is 1. The maximum atomic E-state index is 6.43. The Balaban J connectivity index is 1.55. The van der Waals surface area contributed by atoms with Crippen LogP contribution in [0, 0.1) is 6.92 Å². The molecule has 0 aliphatic heterocycles. The fourth-order valence-electron chi connectivity index (χ4n) is 3.93. The number of hydrogen-bond donors (Lipinski definition) is 1. The molecule has 5 nitrogen and oxygen atoms in total. The van der Waals surface area contributed by atoms with Gasteiger partial charge in [-0.3, -0.25) is 0 Å². The van der Waals surface area contributed by atoms with Crippen LogP contribution in [0.5, 0.6) is 0 Å². The van der Waals surface area contributed by atoms with Crippen molar-refractivity contribution in [2.24, 2.45) is 7.05 Å². The monoisotopic (exact) mass is 401 g/mol. The summed E-state index contributed by atoms with van der Waals surface area (Å²) in [5, 5.41) is 4.14. The highest BCUT2D eigenvalue weighted by Gasteiger charge is 2.20. The van der Waals surface area contributed by atoms with Crippen LogP contribution < -0.4 is 5.32 Å². The maximum absolute atomic E-state index is 6.43. The van der Waals surface area contributed by atoms with Gasteiger partial charge < -0.3 is 9.88 Å². The zero-order valence-electron chi connectivity index (χ0n) is 16.3. The number of aromatic nitrogens is 4. The molecule has 6 heteroatoms. The molecule has 0 bridgehead atoms. The van der Waals surface area contributed by atoms with Gasteiger partial charge in [-0.2, -0.15) is 0 Å². The van der Waals surface area contributed by atoms with Crippen LogP contribution in [-0.2, 0) is 19.9 Å². The van der Waals surface area contributed by atoms with Gasteiger partial charge in [-0.1, -0.05) is 35.9 Å². The molecule has 1 aliphatic rings. The molecule has 144 valence electrons. The van der Waals surface area contributed by atoms with Crippen molar-refractivity contribution in [1.82, 2.24) is 19.5 Å². The summed E-state index contributed by atoms with van der Waals surface area (Å²) in [4.78, 5) is 13.5. The maximum Gasteiger partial charge on any atom is 0.137 e. The average Bonchev–Trinajstić information content (AvgIpc) is 3.06. The largest absolute Gasteiger partial charge is 0.340 e. The second-order valence-corrected chi connectivity index (χ2v) is 7.75. The Kier molecular flexibility index (Phi) is 4.32. The van der Waals surface area contributed by atoms with Crippen LogP contribution in [0.2, 0.25) is 5.02 Å². The Labute approximate surface area is 174 Å². The van der Waals surface area contributed by atoms with E-state index in [2.05, 4.69) is 55.2 Å². The van der Waals surface area contributed by atoms with Crippen LogP contribution in [0.1, 0.15) is 17.0 Å². The molecular weight excluding hydrogens is 382 g/mol. The highest BCUT2D eigenvalue weighted by atomic mass is 35.5. The normalized spacial score (nSPS) is 12.4. The Morgan fingerprint density at radius 3 is 2.72 bits per heavy atom. The van der Waals surface area contributed by atoms with Crippen molar-refractivity contribution < 1.29 is 0 Å². The van der Waals surface area contributed by atoms with Gasteiger partial charge >= 0.3 is 0 Å². The van der Waals surface area contributed by atoms with Gasteiger partial charge in [-0.15, -0.1) is 0 Å². The van der Waals surface area contributed by atoms with Gasteiger partial charge in [-0.05, 0) is 43.5 Å². The molecule has 0 saturated carbocycles. The predicted octanol–water partition coefficient (Wildman–Crippen LogP) is 5.35. The molecule has 4 aromatic rings. The summed E-state index contributed by atoms with van der Waals surface area (Å²) in [6, 6.07) is 14.4. The summed E-state index contributed by atoms with van der Waals surface area (Å²) in [7, 11) is 2.00.